The minimum absolute atomic E-state index is 0.0243. The molecular weight excluding hydrogens is 336 g/mol. The van der Waals surface area contributed by atoms with E-state index in [4.69, 9.17) is 0 Å². The van der Waals surface area contributed by atoms with E-state index in [0.717, 1.165) is 13.2 Å². The number of hydrogen-bond donors (Lipinski definition) is 2. The number of non-ortho nitro benzene ring substituents is 1. The number of halogens is 1. The van der Waals surface area contributed by atoms with Crippen molar-refractivity contribution < 1.29 is 24.4 Å². The van der Waals surface area contributed by atoms with Gasteiger partial charge in [-0.2, -0.15) is 0 Å². The Kier molecular flexibility index (Phi) is 5.59. The van der Waals surface area contributed by atoms with Crippen LogP contribution in [-0.4, -0.2) is 41.7 Å². The van der Waals surface area contributed by atoms with E-state index in [0.29, 0.717) is 4.47 Å². The molecule has 0 bridgehead atoms. The lowest BCUT2D eigenvalue weighted by Gasteiger charge is -2.10. The molecule has 1 amide bonds. The number of nitrogens with zero attached hydrogens (tertiary/aromatic N) is 1. The van der Waals surface area contributed by atoms with Gasteiger partial charge in [0.1, 0.15) is 0 Å². The van der Waals surface area contributed by atoms with E-state index in [9.17, 15) is 24.8 Å². The second-order valence-corrected chi connectivity index (χ2v) is 4.52. The minimum Gasteiger partial charge on any atom is -0.467 e. The maximum Gasteiger partial charge on any atom is 0.336 e. The van der Waals surface area contributed by atoms with E-state index in [-0.39, 0.29) is 17.8 Å². The average molecular weight is 347 g/mol. The topological polar surface area (TPSA) is 119 Å². The number of nitrogens with one attached hydrogen (secondary N) is 1. The Morgan fingerprint density at radius 1 is 1.55 bits per heavy atom. The van der Waals surface area contributed by atoms with Crippen LogP contribution in [0, 0.1) is 10.1 Å². The molecule has 0 fully saturated rings. The molecule has 1 unspecified atom stereocenters. The van der Waals surface area contributed by atoms with E-state index in [1.54, 1.807) is 0 Å². The molecular formula is C11H11BrN2O6. The van der Waals surface area contributed by atoms with E-state index in [1.807, 2.05) is 0 Å². The first-order valence-corrected chi connectivity index (χ1v) is 6.14. The number of nitro groups is 1. The third-order valence-electron chi connectivity index (χ3n) is 2.33. The summed E-state index contributed by atoms with van der Waals surface area (Å²) in [5.41, 5.74) is -0.219. The number of ether oxygens (including phenoxy) is 1. The van der Waals surface area contributed by atoms with Gasteiger partial charge in [-0.05, 0) is 22.0 Å². The number of hydrogen-bond acceptors (Lipinski definition) is 6. The average Bonchev–Trinajstić information content (AvgIpc) is 2.43. The molecule has 0 radical (unpaired) electrons. The number of rotatable bonds is 5. The first-order valence-electron chi connectivity index (χ1n) is 5.35. The quantitative estimate of drug-likeness (QED) is 0.458. The molecule has 0 aliphatic heterocycles. The molecule has 108 valence electrons. The van der Waals surface area contributed by atoms with Crippen molar-refractivity contribution in [1.29, 1.82) is 0 Å². The van der Waals surface area contributed by atoms with Gasteiger partial charge in [0.15, 0.2) is 6.10 Å². The molecule has 0 heterocycles. The Morgan fingerprint density at radius 3 is 2.75 bits per heavy atom. The molecule has 0 saturated carbocycles. The lowest BCUT2D eigenvalue weighted by atomic mass is 10.2. The fourth-order valence-electron chi connectivity index (χ4n) is 1.30. The van der Waals surface area contributed by atoms with Crippen molar-refractivity contribution >= 4 is 33.5 Å². The van der Waals surface area contributed by atoms with Crippen molar-refractivity contribution in [3.8, 4) is 0 Å². The molecule has 20 heavy (non-hydrogen) atoms. The summed E-state index contributed by atoms with van der Waals surface area (Å²) in [5, 5.41) is 22.2. The Hall–Kier alpha value is -2.00. The van der Waals surface area contributed by atoms with Gasteiger partial charge >= 0.3 is 5.97 Å². The highest BCUT2D eigenvalue weighted by atomic mass is 79.9. The normalized spacial score (nSPS) is 11.6. The van der Waals surface area contributed by atoms with Crippen LogP contribution in [0.25, 0.3) is 0 Å². The number of benzene rings is 1. The van der Waals surface area contributed by atoms with Crippen LogP contribution in [-0.2, 0) is 9.53 Å². The zero-order chi connectivity index (χ0) is 15.3. The number of carbonyl (C=O) groups is 2. The van der Waals surface area contributed by atoms with Crippen molar-refractivity contribution in [3.05, 3.63) is 38.3 Å². The molecule has 0 aromatic heterocycles. The number of nitro benzene ring substituents is 1. The van der Waals surface area contributed by atoms with Crippen molar-refractivity contribution in [3.63, 3.8) is 0 Å². The van der Waals surface area contributed by atoms with E-state index in [2.05, 4.69) is 26.0 Å². The SMILES string of the molecule is COC(=O)C(O)CNC(=O)c1cc([N+](=O)[O-])ccc1Br. The largest absolute Gasteiger partial charge is 0.467 e. The Labute approximate surface area is 122 Å². The lowest BCUT2D eigenvalue weighted by molar-refractivity contribution is -0.384. The number of amides is 1. The maximum atomic E-state index is 11.8. The van der Waals surface area contributed by atoms with Gasteiger partial charge in [0.05, 0.1) is 24.1 Å². The summed E-state index contributed by atoms with van der Waals surface area (Å²) in [7, 11) is 1.10. The molecule has 1 rings (SSSR count). The van der Waals surface area contributed by atoms with Crippen LogP contribution in [0.15, 0.2) is 22.7 Å². The highest BCUT2D eigenvalue weighted by Gasteiger charge is 2.19. The Bertz CT molecular complexity index is 548. The molecule has 8 nitrogen and oxygen atoms in total. The summed E-state index contributed by atoms with van der Waals surface area (Å²) in [6.07, 6.45) is -1.50. The number of methoxy groups -OCH3 is 1. The molecule has 9 heteroatoms. The molecule has 1 aromatic carbocycles. The number of carbonyl (C=O) groups excluding carboxylic acids is 2. The summed E-state index contributed by atoms with van der Waals surface area (Å²) in [4.78, 5) is 32.8. The van der Waals surface area contributed by atoms with E-state index >= 15 is 0 Å². The standard InChI is InChI=1S/C11H11BrN2O6/c1-20-11(17)9(15)5-13-10(16)7-4-6(14(18)19)2-3-8(7)12/h2-4,9,15H,5H2,1H3,(H,13,16). The van der Waals surface area contributed by atoms with Crippen LogP contribution in [0.2, 0.25) is 0 Å². The fraction of sp³-hybridized carbons (Fsp3) is 0.273. The van der Waals surface area contributed by atoms with Crippen LogP contribution < -0.4 is 5.32 Å². The van der Waals surface area contributed by atoms with Crippen LogP contribution in [0.1, 0.15) is 10.4 Å². The van der Waals surface area contributed by atoms with Crippen LogP contribution in [0.4, 0.5) is 5.69 Å². The van der Waals surface area contributed by atoms with Crippen LogP contribution >= 0.6 is 15.9 Å². The summed E-state index contributed by atoms with van der Waals surface area (Å²) in [6.45, 7) is -0.360. The van der Waals surface area contributed by atoms with Crippen molar-refractivity contribution in [2.45, 2.75) is 6.10 Å². The molecule has 1 aromatic rings. The van der Waals surface area contributed by atoms with Crippen molar-refractivity contribution in [2.75, 3.05) is 13.7 Å². The second-order valence-electron chi connectivity index (χ2n) is 3.67. The highest BCUT2D eigenvalue weighted by Crippen LogP contribution is 2.22. The third kappa shape index (κ3) is 4.00. The van der Waals surface area contributed by atoms with Gasteiger partial charge in [-0.1, -0.05) is 0 Å². The van der Waals surface area contributed by atoms with Crippen molar-refractivity contribution in [2.24, 2.45) is 0 Å². The zero-order valence-corrected chi connectivity index (χ0v) is 11.9. The maximum absolute atomic E-state index is 11.8. The van der Waals surface area contributed by atoms with E-state index in [1.165, 1.54) is 12.1 Å². The Morgan fingerprint density at radius 2 is 2.20 bits per heavy atom. The van der Waals surface area contributed by atoms with Gasteiger partial charge in [-0.25, -0.2) is 4.79 Å². The predicted octanol–water partition coefficient (Wildman–Crippen LogP) is 0.621. The van der Waals surface area contributed by atoms with Gasteiger partial charge in [0, 0.05) is 16.6 Å². The first-order chi connectivity index (χ1) is 9.36. The van der Waals surface area contributed by atoms with Gasteiger partial charge in [0.25, 0.3) is 11.6 Å². The number of aliphatic hydroxyl groups is 1. The summed E-state index contributed by atoms with van der Waals surface area (Å²) in [5.74, 6) is -1.55. The van der Waals surface area contributed by atoms with Crippen LogP contribution in [0.5, 0.6) is 0 Å². The lowest BCUT2D eigenvalue weighted by Crippen LogP contribution is -2.37. The molecule has 0 aliphatic carbocycles. The first kappa shape index (κ1) is 16.1. The van der Waals surface area contributed by atoms with Gasteiger partial charge < -0.3 is 15.2 Å². The van der Waals surface area contributed by atoms with E-state index < -0.39 is 22.9 Å². The fourth-order valence-corrected chi connectivity index (χ4v) is 1.73. The van der Waals surface area contributed by atoms with Crippen molar-refractivity contribution in [1.82, 2.24) is 5.32 Å². The Balaban J connectivity index is 2.80. The number of esters is 1. The van der Waals surface area contributed by atoms with Crippen LogP contribution in [0.3, 0.4) is 0 Å². The summed E-state index contributed by atoms with van der Waals surface area (Å²) >= 11 is 3.09. The van der Waals surface area contributed by atoms with Gasteiger partial charge in [0.2, 0.25) is 0 Å². The molecule has 2 N–H and O–H groups in total. The van der Waals surface area contributed by atoms with Gasteiger partial charge in [-0.15, -0.1) is 0 Å². The second kappa shape index (κ2) is 6.96. The molecule has 1 atom stereocenters. The monoisotopic (exact) mass is 346 g/mol. The zero-order valence-electron chi connectivity index (χ0n) is 10.3. The van der Waals surface area contributed by atoms with Gasteiger partial charge in [-0.3, -0.25) is 14.9 Å². The summed E-state index contributed by atoms with van der Waals surface area (Å²) < 4.78 is 4.64. The smallest absolute Gasteiger partial charge is 0.336 e. The molecule has 0 saturated heterocycles. The minimum atomic E-state index is -1.50. The summed E-state index contributed by atoms with van der Waals surface area (Å²) in [6, 6.07) is 3.69. The highest BCUT2D eigenvalue weighted by molar-refractivity contribution is 9.10. The molecule has 0 aliphatic rings. The molecule has 0 spiro atoms. The number of aliphatic hydroxyl groups excluding tert-OH is 1. The third-order valence-corrected chi connectivity index (χ3v) is 3.03. The predicted molar refractivity (Wildman–Crippen MR) is 71.2 cm³/mol.